The molecule has 7 nitrogen and oxygen atoms in total. The van der Waals surface area contributed by atoms with Crippen molar-refractivity contribution >= 4 is 27.5 Å². The minimum atomic E-state index is -4.08. The molecular formula is C30H37N3O4S. The lowest BCUT2D eigenvalue weighted by Crippen LogP contribution is -2.52. The van der Waals surface area contributed by atoms with Crippen LogP contribution in [0.4, 0.5) is 5.69 Å². The molecule has 0 saturated heterocycles. The molecule has 0 aliphatic carbocycles. The fraction of sp³-hybridized carbons (Fsp3) is 0.333. The summed E-state index contributed by atoms with van der Waals surface area (Å²) in [5.41, 5.74) is 3.99. The molecule has 0 aliphatic heterocycles. The van der Waals surface area contributed by atoms with Crippen molar-refractivity contribution < 1.29 is 18.0 Å². The second kappa shape index (κ2) is 12.7. The summed E-state index contributed by atoms with van der Waals surface area (Å²) in [6.45, 7) is 9.34. The van der Waals surface area contributed by atoms with E-state index in [1.165, 1.54) is 9.21 Å². The molecule has 3 rings (SSSR count). The van der Waals surface area contributed by atoms with Gasteiger partial charge in [0.2, 0.25) is 11.8 Å². The lowest BCUT2D eigenvalue weighted by atomic mass is 10.1. The number of hydrogen-bond donors (Lipinski definition) is 1. The second-order valence-corrected chi connectivity index (χ2v) is 11.4. The predicted molar refractivity (Wildman–Crippen MR) is 152 cm³/mol. The van der Waals surface area contributed by atoms with Crippen molar-refractivity contribution in [2.45, 2.75) is 52.0 Å². The van der Waals surface area contributed by atoms with E-state index in [0.29, 0.717) is 18.7 Å². The fourth-order valence-electron chi connectivity index (χ4n) is 4.23. The molecule has 38 heavy (non-hydrogen) atoms. The molecule has 1 atom stereocenters. The van der Waals surface area contributed by atoms with E-state index >= 15 is 0 Å². The van der Waals surface area contributed by atoms with E-state index in [4.69, 9.17) is 0 Å². The monoisotopic (exact) mass is 535 g/mol. The molecule has 3 aromatic rings. The van der Waals surface area contributed by atoms with E-state index in [-0.39, 0.29) is 17.3 Å². The van der Waals surface area contributed by atoms with Crippen molar-refractivity contribution in [3.63, 3.8) is 0 Å². The lowest BCUT2D eigenvalue weighted by molar-refractivity contribution is -0.138. The number of carbonyl (C=O) groups is 2. The molecule has 0 aliphatic rings. The van der Waals surface area contributed by atoms with Gasteiger partial charge in [0.05, 0.1) is 10.6 Å². The third-order valence-electron chi connectivity index (χ3n) is 6.52. The van der Waals surface area contributed by atoms with Crippen molar-refractivity contribution in [3.05, 3.63) is 95.1 Å². The van der Waals surface area contributed by atoms with E-state index in [2.05, 4.69) is 5.32 Å². The number of nitrogens with one attached hydrogen (secondary N) is 1. The summed E-state index contributed by atoms with van der Waals surface area (Å²) in [6.07, 6.45) is 0.532. The van der Waals surface area contributed by atoms with Gasteiger partial charge in [0.15, 0.2) is 0 Å². The SMILES string of the molecule is CCNC(=O)[C@H](C)N(CCc1ccccc1)C(=O)CN(c1cc(C)ccc1C)S(=O)(=O)c1ccc(C)cc1. The van der Waals surface area contributed by atoms with E-state index < -0.39 is 28.5 Å². The Labute approximate surface area is 226 Å². The molecule has 0 fully saturated rings. The summed E-state index contributed by atoms with van der Waals surface area (Å²) in [5, 5.41) is 2.78. The van der Waals surface area contributed by atoms with Crippen LogP contribution in [0.25, 0.3) is 0 Å². The Bertz CT molecular complexity index is 1360. The van der Waals surface area contributed by atoms with Crippen molar-refractivity contribution in [3.8, 4) is 0 Å². The summed E-state index contributed by atoms with van der Waals surface area (Å²) in [5.74, 6) is -0.732. The number of benzene rings is 3. The Morgan fingerprint density at radius 1 is 0.895 bits per heavy atom. The zero-order valence-corrected chi connectivity index (χ0v) is 23.6. The number of rotatable bonds is 11. The average molecular weight is 536 g/mol. The Morgan fingerprint density at radius 3 is 2.16 bits per heavy atom. The van der Waals surface area contributed by atoms with Crippen LogP contribution in [-0.4, -0.2) is 50.8 Å². The van der Waals surface area contributed by atoms with Gasteiger partial charge >= 0.3 is 0 Å². The van der Waals surface area contributed by atoms with Crippen LogP contribution in [0.1, 0.15) is 36.1 Å². The van der Waals surface area contributed by atoms with Gasteiger partial charge in [-0.05, 0) is 75.9 Å². The van der Waals surface area contributed by atoms with E-state index in [1.54, 1.807) is 37.3 Å². The maximum atomic E-state index is 13.9. The summed E-state index contributed by atoms with van der Waals surface area (Å²) in [7, 11) is -4.08. The summed E-state index contributed by atoms with van der Waals surface area (Å²) in [6, 6.07) is 21.0. The maximum absolute atomic E-state index is 13.9. The molecule has 2 amide bonds. The van der Waals surface area contributed by atoms with Crippen LogP contribution in [0.5, 0.6) is 0 Å². The highest BCUT2D eigenvalue weighted by molar-refractivity contribution is 7.92. The van der Waals surface area contributed by atoms with Gasteiger partial charge in [0.1, 0.15) is 12.6 Å². The molecule has 0 spiro atoms. The van der Waals surface area contributed by atoms with Crippen LogP contribution >= 0.6 is 0 Å². The standard InChI is InChI=1S/C30H37N3O4S/c1-6-31-30(35)25(5)32(19-18-26-10-8-7-9-11-26)29(34)21-33(28-20-23(3)12-15-24(28)4)38(36,37)27-16-13-22(2)14-17-27/h7-17,20,25H,6,18-19,21H2,1-5H3,(H,31,35)/t25-/m0/s1. The van der Waals surface area contributed by atoms with Gasteiger partial charge in [-0.15, -0.1) is 0 Å². The van der Waals surface area contributed by atoms with E-state index in [0.717, 1.165) is 22.3 Å². The molecule has 0 heterocycles. The van der Waals surface area contributed by atoms with Crippen LogP contribution in [-0.2, 0) is 26.0 Å². The van der Waals surface area contributed by atoms with Gasteiger partial charge in [-0.25, -0.2) is 8.42 Å². The normalized spacial score (nSPS) is 12.0. The van der Waals surface area contributed by atoms with Crippen molar-refractivity contribution in [2.24, 2.45) is 0 Å². The molecule has 0 unspecified atom stereocenters. The third kappa shape index (κ3) is 7.01. The third-order valence-corrected chi connectivity index (χ3v) is 8.30. The fourth-order valence-corrected chi connectivity index (χ4v) is 5.70. The molecule has 0 saturated carbocycles. The molecule has 8 heteroatoms. The maximum Gasteiger partial charge on any atom is 0.264 e. The number of carbonyl (C=O) groups excluding carboxylic acids is 2. The number of nitrogens with zero attached hydrogens (tertiary/aromatic N) is 2. The van der Waals surface area contributed by atoms with Gasteiger partial charge < -0.3 is 10.2 Å². The van der Waals surface area contributed by atoms with E-state index in [9.17, 15) is 18.0 Å². The van der Waals surface area contributed by atoms with Crippen molar-refractivity contribution in [2.75, 3.05) is 23.9 Å². The van der Waals surface area contributed by atoms with Crippen molar-refractivity contribution in [1.29, 1.82) is 0 Å². The first-order valence-electron chi connectivity index (χ1n) is 12.8. The zero-order valence-electron chi connectivity index (χ0n) is 22.8. The molecular weight excluding hydrogens is 498 g/mol. The van der Waals surface area contributed by atoms with Crippen LogP contribution in [0.15, 0.2) is 77.7 Å². The van der Waals surface area contributed by atoms with E-state index in [1.807, 2.05) is 70.2 Å². The van der Waals surface area contributed by atoms with Gasteiger partial charge in [0, 0.05) is 13.1 Å². The molecule has 202 valence electrons. The topological polar surface area (TPSA) is 86.8 Å². The van der Waals surface area contributed by atoms with Crippen LogP contribution < -0.4 is 9.62 Å². The molecule has 0 aromatic heterocycles. The van der Waals surface area contributed by atoms with Crippen LogP contribution in [0, 0.1) is 20.8 Å². The zero-order chi connectivity index (χ0) is 27.9. The Morgan fingerprint density at radius 2 is 1.53 bits per heavy atom. The van der Waals surface area contributed by atoms with Crippen molar-refractivity contribution in [1.82, 2.24) is 10.2 Å². The first-order chi connectivity index (χ1) is 18.0. The highest BCUT2D eigenvalue weighted by atomic mass is 32.2. The predicted octanol–water partition coefficient (Wildman–Crippen LogP) is 4.40. The lowest BCUT2D eigenvalue weighted by Gasteiger charge is -2.32. The minimum Gasteiger partial charge on any atom is -0.355 e. The van der Waals surface area contributed by atoms with Gasteiger partial charge in [-0.3, -0.25) is 13.9 Å². The summed E-state index contributed by atoms with van der Waals surface area (Å²) >= 11 is 0. The smallest absolute Gasteiger partial charge is 0.264 e. The van der Waals surface area contributed by atoms with Crippen LogP contribution in [0.3, 0.4) is 0 Å². The summed E-state index contributed by atoms with van der Waals surface area (Å²) in [4.78, 5) is 28.2. The summed E-state index contributed by atoms with van der Waals surface area (Å²) < 4.78 is 29.0. The number of aryl methyl sites for hydroxylation is 3. The van der Waals surface area contributed by atoms with Gasteiger partial charge in [0.25, 0.3) is 10.0 Å². The Hall–Kier alpha value is -3.65. The number of amides is 2. The minimum absolute atomic E-state index is 0.101. The first kappa shape index (κ1) is 28.9. The highest BCUT2D eigenvalue weighted by Crippen LogP contribution is 2.28. The molecule has 1 N–H and O–H groups in total. The Balaban J connectivity index is 2.02. The largest absolute Gasteiger partial charge is 0.355 e. The van der Waals surface area contributed by atoms with Gasteiger partial charge in [-0.2, -0.15) is 0 Å². The molecule has 3 aromatic carbocycles. The number of likely N-dealkylation sites (N-methyl/N-ethyl adjacent to an activating group) is 1. The molecule has 0 radical (unpaired) electrons. The van der Waals surface area contributed by atoms with Gasteiger partial charge in [-0.1, -0.05) is 60.2 Å². The number of hydrogen-bond acceptors (Lipinski definition) is 4. The number of sulfonamides is 1. The second-order valence-electron chi connectivity index (χ2n) is 9.51. The number of anilines is 1. The highest BCUT2D eigenvalue weighted by Gasteiger charge is 2.32. The van der Waals surface area contributed by atoms with Crippen LogP contribution in [0.2, 0.25) is 0 Å². The average Bonchev–Trinajstić information content (AvgIpc) is 2.89. The first-order valence-corrected chi connectivity index (χ1v) is 14.3. The Kier molecular flexibility index (Phi) is 9.69. The quantitative estimate of drug-likeness (QED) is 0.394. The molecule has 0 bridgehead atoms.